The zero-order valence-electron chi connectivity index (χ0n) is 14.4. The van der Waals surface area contributed by atoms with Crippen molar-refractivity contribution in [3.05, 3.63) is 59.8 Å². The number of rotatable bonds is 4. The molecule has 7 heteroatoms. The second kappa shape index (κ2) is 6.92. The lowest BCUT2D eigenvalue weighted by Gasteiger charge is -2.17. The molecule has 6 nitrogen and oxygen atoms in total. The van der Waals surface area contributed by atoms with E-state index in [2.05, 4.69) is 10.3 Å². The molecular formula is C20H16N2O4S. The van der Waals surface area contributed by atoms with Crippen LogP contribution in [0.2, 0.25) is 0 Å². The van der Waals surface area contributed by atoms with Crippen LogP contribution in [-0.2, 0) is 9.53 Å². The number of para-hydroxylation sites is 1. The number of carbonyl (C=O) groups excluding carboxylic acids is 3. The van der Waals surface area contributed by atoms with E-state index in [0.29, 0.717) is 17.0 Å². The van der Waals surface area contributed by atoms with Crippen LogP contribution in [0.3, 0.4) is 0 Å². The molecule has 0 radical (unpaired) electrons. The van der Waals surface area contributed by atoms with Crippen LogP contribution in [0, 0.1) is 0 Å². The number of hydrogen-bond donors (Lipinski definition) is 2. The molecule has 2 N–H and O–H groups in total. The Morgan fingerprint density at radius 1 is 1.19 bits per heavy atom. The van der Waals surface area contributed by atoms with E-state index in [1.54, 1.807) is 31.3 Å². The minimum Gasteiger partial charge on any atom is -0.451 e. The monoisotopic (exact) mass is 380 g/mol. The van der Waals surface area contributed by atoms with E-state index in [0.717, 1.165) is 15.8 Å². The van der Waals surface area contributed by atoms with Gasteiger partial charge in [-0.15, -0.1) is 11.8 Å². The fourth-order valence-electron chi connectivity index (χ4n) is 2.99. The van der Waals surface area contributed by atoms with Gasteiger partial charge in [0.2, 0.25) is 11.7 Å². The largest absolute Gasteiger partial charge is 0.451 e. The van der Waals surface area contributed by atoms with Gasteiger partial charge >= 0.3 is 5.97 Å². The number of H-pyrrole nitrogens is 1. The molecule has 0 unspecified atom stereocenters. The normalized spacial score (nSPS) is 14.3. The second-order valence-corrected chi connectivity index (χ2v) is 7.22. The van der Waals surface area contributed by atoms with Crippen molar-refractivity contribution in [2.24, 2.45) is 0 Å². The quantitative estimate of drug-likeness (QED) is 0.533. The number of esters is 1. The predicted molar refractivity (Wildman–Crippen MR) is 103 cm³/mol. The Morgan fingerprint density at radius 2 is 2.00 bits per heavy atom. The number of benzene rings is 2. The van der Waals surface area contributed by atoms with Crippen molar-refractivity contribution >= 4 is 46.0 Å². The van der Waals surface area contributed by atoms with Gasteiger partial charge in [0.05, 0.1) is 17.0 Å². The Bertz CT molecular complexity index is 1070. The zero-order valence-corrected chi connectivity index (χ0v) is 15.3. The maximum Gasteiger partial charge on any atom is 0.338 e. The molecule has 136 valence electrons. The lowest BCUT2D eigenvalue weighted by Crippen LogP contribution is -2.24. The first-order chi connectivity index (χ1) is 13.0. The maximum atomic E-state index is 12.7. The fraction of sp³-hybridized carbons (Fsp3) is 0.150. The first-order valence-electron chi connectivity index (χ1n) is 8.41. The van der Waals surface area contributed by atoms with Gasteiger partial charge in [0.1, 0.15) is 0 Å². The number of thioether (sulfide) groups is 1. The van der Waals surface area contributed by atoms with E-state index in [9.17, 15) is 14.4 Å². The summed E-state index contributed by atoms with van der Waals surface area (Å²) in [6.45, 7) is 1.55. The topological polar surface area (TPSA) is 88.3 Å². The molecule has 0 saturated carbocycles. The average Bonchev–Trinajstić information content (AvgIpc) is 3.10. The molecular weight excluding hydrogens is 364 g/mol. The van der Waals surface area contributed by atoms with Crippen LogP contribution in [0.15, 0.2) is 53.6 Å². The van der Waals surface area contributed by atoms with E-state index in [1.165, 1.54) is 11.8 Å². The van der Waals surface area contributed by atoms with Gasteiger partial charge in [0, 0.05) is 27.6 Å². The number of ketones is 1. The van der Waals surface area contributed by atoms with Crippen molar-refractivity contribution in [2.75, 3.05) is 11.1 Å². The van der Waals surface area contributed by atoms with Gasteiger partial charge in [0.25, 0.3) is 0 Å². The lowest BCUT2D eigenvalue weighted by molar-refractivity contribution is -0.113. The third kappa shape index (κ3) is 3.33. The lowest BCUT2D eigenvalue weighted by atomic mass is 10.1. The van der Waals surface area contributed by atoms with Crippen molar-refractivity contribution in [2.45, 2.75) is 17.9 Å². The summed E-state index contributed by atoms with van der Waals surface area (Å²) in [6, 6.07) is 12.4. The van der Waals surface area contributed by atoms with Gasteiger partial charge in [-0.3, -0.25) is 9.59 Å². The molecule has 27 heavy (non-hydrogen) atoms. The molecule has 1 aromatic heterocycles. The summed E-state index contributed by atoms with van der Waals surface area (Å²) in [5, 5.41) is 3.53. The zero-order chi connectivity index (χ0) is 19.0. The van der Waals surface area contributed by atoms with Gasteiger partial charge in [-0.1, -0.05) is 18.2 Å². The number of nitrogens with one attached hydrogen (secondary N) is 2. The number of amides is 1. The minimum atomic E-state index is -0.934. The average molecular weight is 380 g/mol. The van der Waals surface area contributed by atoms with Gasteiger partial charge in [0.15, 0.2) is 6.10 Å². The van der Waals surface area contributed by atoms with Gasteiger partial charge < -0.3 is 15.0 Å². The smallest absolute Gasteiger partial charge is 0.338 e. The van der Waals surface area contributed by atoms with Gasteiger partial charge in [-0.2, -0.15) is 0 Å². The van der Waals surface area contributed by atoms with E-state index >= 15 is 0 Å². The molecule has 1 aliphatic rings. The Labute approximate surface area is 159 Å². The predicted octanol–water partition coefficient (Wildman–Crippen LogP) is 3.64. The maximum absolute atomic E-state index is 12.7. The SMILES string of the molecule is C[C@@H](OC(=O)c1ccc2c(c1)NC(=O)CS2)C(=O)c1c[nH]c2ccccc12. The Hall–Kier alpha value is -3.06. The van der Waals surface area contributed by atoms with Crippen LogP contribution in [0.25, 0.3) is 10.9 Å². The highest BCUT2D eigenvalue weighted by molar-refractivity contribution is 8.00. The van der Waals surface area contributed by atoms with Crippen LogP contribution in [0.1, 0.15) is 27.6 Å². The highest BCUT2D eigenvalue weighted by atomic mass is 32.2. The number of aromatic nitrogens is 1. The molecule has 0 fully saturated rings. The van der Waals surface area contributed by atoms with Crippen LogP contribution < -0.4 is 5.32 Å². The summed E-state index contributed by atoms with van der Waals surface area (Å²) in [5.41, 5.74) is 2.21. The first kappa shape index (κ1) is 17.4. The third-order valence-corrected chi connectivity index (χ3v) is 5.43. The standard InChI is InChI=1S/C20H16N2O4S/c1-11(19(24)14-9-21-15-5-3-2-4-13(14)15)26-20(25)12-6-7-17-16(8-12)22-18(23)10-27-17/h2-9,11,21H,10H2,1H3,(H,22,23)/t11-/m1/s1. The number of carbonyl (C=O) groups is 3. The molecule has 2 heterocycles. The molecule has 2 aromatic carbocycles. The van der Waals surface area contributed by atoms with E-state index in [-0.39, 0.29) is 17.3 Å². The molecule has 1 atom stereocenters. The number of hydrogen-bond acceptors (Lipinski definition) is 5. The number of aromatic amines is 1. The first-order valence-corrected chi connectivity index (χ1v) is 9.39. The van der Waals surface area contributed by atoms with E-state index in [4.69, 9.17) is 4.74 Å². The molecule has 0 bridgehead atoms. The van der Waals surface area contributed by atoms with Gasteiger partial charge in [-0.25, -0.2) is 4.79 Å². The highest BCUT2D eigenvalue weighted by Crippen LogP contribution is 2.32. The number of fused-ring (bicyclic) bond motifs is 2. The molecule has 1 amide bonds. The second-order valence-electron chi connectivity index (χ2n) is 6.21. The van der Waals surface area contributed by atoms with Gasteiger partial charge in [-0.05, 0) is 31.2 Å². The fourth-order valence-corrected chi connectivity index (χ4v) is 3.78. The van der Waals surface area contributed by atoms with Crippen LogP contribution in [0.5, 0.6) is 0 Å². The van der Waals surface area contributed by atoms with Crippen molar-refractivity contribution in [1.82, 2.24) is 4.98 Å². The highest BCUT2D eigenvalue weighted by Gasteiger charge is 2.24. The van der Waals surface area contributed by atoms with Crippen LogP contribution in [0.4, 0.5) is 5.69 Å². The molecule has 0 aliphatic carbocycles. The summed E-state index contributed by atoms with van der Waals surface area (Å²) in [5.74, 6) is -0.640. The third-order valence-electron chi connectivity index (χ3n) is 4.36. The van der Waals surface area contributed by atoms with E-state index in [1.807, 2.05) is 24.3 Å². The molecule has 3 aromatic rings. The van der Waals surface area contributed by atoms with Crippen molar-refractivity contribution in [3.8, 4) is 0 Å². The van der Waals surface area contributed by atoms with Crippen molar-refractivity contribution in [1.29, 1.82) is 0 Å². The summed E-state index contributed by atoms with van der Waals surface area (Å²) < 4.78 is 5.37. The molecule has 0 saturated heterocycles. The van der Waals surface area contributed by atoms with Crippen molar-refractivity contribution in [3.63, 3.8) is 0 Å². The number of anilines is 1. The summed E-state index contributed by atoms with van der Waals surface area (Å²) in [6.07, 6.45) is 0.694. The molecule has 4 rings (SSSR count). The van der Waals surface area contributed by atoms with Crippen molar-refractivity contribution < 1.29 is 19.1 Å². The Balaban J connectivity index is 1.51. The molecule has 1 aliphatic heterocycles. The summed E-state index contributed by atoms with van der Waals surface area (Å²) >= 11 is 1.41. The van der Waals surface area contributed by atoms with Crippen LogP contribution >= 0.6 is 11.8 Å². The van der Waals surface area contributed by atoms with E-state index < -0.39 is 12.1 Å². The summed E-state index contributed by atoms with van der Waals surface area (Å²) in [7, 11) is 0. The molecule has 0 spiro atoms. The number of ether oxygens (including phenoxy) is 1. The number of Topliss-reactive ketones (excluding diaryl/α,β-unsaturated/α-hetero) is 1. The minimum absolute atomic E-state index is 0.110. The Kier molecular flexibility index (Phi) is 4.45. The summed E-state index contributed by atoms with van der Waals surface area (Å²) in [4.78, 5) is 40.6. The Morgan fingerprint density at radius 3 is 2.85 bits per heavy atom. The van der Waals surface area contributed by atoms with Crippen LogP contribution in [-0.4, -0.2) is 34.5 Å².